The Morgan fingerprint density at radius 3 is 2.36 bits per heavy atom. The molecule has 1 heterocycles. The molecule has 1 saturated carbocycles. The van der Waals surface area contributed by atoms with Crippen LogP contribution in [0.3, 0.4) is 0 Å². The van der Waals surface area contributed by atoms with Crippen LogP contribution in [0.1, 0.15) is 107 Å². The van der Waals surface area contributed by atoms with Crippen LogP contribution in [0.2, 0.25) is 0 Å². The van der Waals surface area contributed by atoms with Crippen LogP contribution < -0.4 is 21.7 Å². The highest BCUT2D eigenvalue weighted by Gasteiger charge is 2.29. The van der Waals surface area contributed by atoms with Crippen molar-refractivity contribution in [2.45, 2.75) is 122 Å². The van der Waals surface area contributed by atoms with Gasteiger partial charge in [0.05, 0.1) is 12.5 Å². The van der Waals surface area contributed by atoms with Gasteiger partial charge in [0.2, 0.25) is 17.7 Å². The number of imidazole rings is 1. The number of aliphatic hydroxyl groups is 1. The lowest BCUT2D eigenvalue weighted by molar-refractivity contribution is -0.133. The van der Waals surface area contributed by atoms with Crippen LogP contribution in [-0.4, -0.2) is 64.2 Å². The zero-order chi connectivity index (χ0) is 32.4. The van der Waals surface area contributed by atoms with E-state index in [2.05, 4.69) is 37.6 Å². The minimum atomic E-state index is -1.16. The van der Waals surface area contributed by atoms with Crippen molar-refractivity contribution in [2.24, 2.45) is 11.7 Å². The molecule has 0 unspecified atom stereocenters. The zero-order valence-corrected chi connectivity index (χ0v) is 27.4. The number of aromatic nitrogens is 2. The van der Waals surface area contributed by atoms with Crippen LogP contribution in [-0.2, 0) is 27.3 Å². The van der Waals surface area contributed by atoms with Gasteiger partial charge in [-0.05, 0) is 81.9 Å². The van der Waals surface area contributed by atoms with Crippen molar-refractivity contribution < 1.29 is 19.5 Å². The van der Waals surface area contributed by atoms with Crippen molar-refractivity contribution in [3.05, 3.63) is 53.6 Å². The molecule has 1 aliphatic rings. The molecule has 3 atom stereocenters. The number of benzene rings is 1. The Bertz CT molecular complexity index is 1160. The maximum atomic E-state index is 13.3. The van der Waals surface area contributed by atoms with Gasteiger partial charge in [-0.1, -0.05) is 63.3 Å². The first-order valence-corrected chi connectivity index (χ1v) is 17.1. The Balaban J connectivity index is 1.51. The molecule has 1 aromatic carbocycles. The maximum absolute atomic E-state index is 13.3. The summed E-state index contributed by atoms with van der Waals surface area (Å²) >= 11 is 0. The second kappa shape index (κ2) is 20.0. The van der Waals surface area contributed by atoms with Gasteiger partial charge in [-0.2, -0.15) is 0 Å². The lowest BCUT2D eigenvalue weighted by atomic mass is 9.87. The summed E-state index contributed by atoms with van der Waals surface area (Å²) in [6, 6.07) is 6.16. The summed E-state index contributed by atoms with van der Waals surface area (Å²) in [5.74, 6) is 0.0748. The van der Waals surface area contributed by atoms with E-state index < -0.39 is 30.5 Å². The predicted octanol–water partition coefficient (Wildman–Crippen LogP) is 3.89. The highest BCUT2D eigenvalue weighted by atomic mass is 16.3. The van der Waals surface area contributed by atoms with Crippen LogP contribution in [0.4, 0.5) is 0 Å². The van der Waals surface area contributed by atoms with Crippen LogP contribution >= 0.6 is 0 Å². The van der Waals surface area contributed by atoms with E-state index in [0.717, 1.165) is 50.0 Å². The zero-order valence-electron chi connectivity index (χ0n) is 27.4. The van der Waals surface area contributed by atoms with Crippen molar-refractivity contribution in [3.8, 4) is 0 Å². The van der Waals surface area contributed by atoms with Crippen LogP contribution in [0.25, 0.3) is 0 Å². The number of rotatable bonds is 20. The van der Waals surface area contributed by atoms with Gasteiger partial charge in [0.25, 0.3) is 0 Å². The first-order valence-electron chi connectivity index (χ1n) is 17.1. The molecule has 6 N–H and O–H groups in total. The van der Waals surface area contributed by atoms with E-state index in [1.54, 1.807) is 0 Å². The van der Waals surface area contributed by atoms with Gasteiger partial charge in [-0.15, -0.1) is 0 Å². The molecule has 1 aromatic heterocycles. The van der Waals surface area contributed by atoms with Gasteiger partial charge in [-0.3, -0.25) is 14.4 Å². The number of carbonyl (C=O) groups excluding carboxylic acids is 3. The lowest BCUT2D eigenvalue weighted by Crippen LogP contribution is -2.55. The molecule has 3 rings (SSSR count). The average molecular weight is 625 g/mol. The topological polar surface area (TPSA) is 151 Å². The molecule has 1 aliphatic carbocycles. The molecule has 0 radical (unpaired) electrons. The summed E-state index contributed by atoms with van der Waals surface area (Å²) in [6.45, 7) is 5.40. The third-order valence-corrected chi connectivity index (χ3v) is 9.12. The molecular weight excluding hydrogens is 568 g/mol. The van der Waals surface area contributed by atoms with E-state index in [-0.39, 0.29) is 11.8 Å². The van der Waals surface area contributed by atoms with Crippen LogP contribution in [0.15, 0.2) is 36.7 Å². The third-order valence-electron chi connectivity index (χ3n) is 9.12. The second-order valence-electron chi connectivity index (χ2n) is 12.5. The second-order valence-corrected chi connectivity index (χ2v) is 12.5. The molecule has 0 spiro atoms. The molecule has 1 fully saturated rings. The Kier molecular flexibility index (Phi) is 16.1. The molecule has 45 heavy (non-hydrogen) atoms. The van der Waals surface area contributed by atoms with Crippen molar-refractivity contribution in [1.82, 2.24) is 25.5 Å². The third kappa shape index (κ3) is 12.2. The van der Waals surface area contributed by atoms with E-state index in [1.165, 1.54) is 37.7 Å². The first kappa shape index (κ1) is 36.2. The maximum Gasteiger partial charge on any atom is 0.245 e. The fraction of sp³-hybridized carbons (Fsp3) is 0.657. The molecule has 10 heteroatoms. The van der Waals surface area contributed by atoms with E-state index in [1.807, 2.05) is 38.4 Å². The summed E-state index contributed by atoms with van der Waals surface area (Å²) in [5.41, 5.74) is 7.73. The number of hydrogen-bond acceptors (Lipinski definition) is 6. The number of nitrogens with one attached hydrogen (secondary N) is 3. The number of nitrogens with two attached hydrogens (primary N) is 1. The minimum Gasteiger partial charge on any atom is -0.394 e. The minimum absolute atomic E-state index is 0.234. The molecule has 2 aromatic rings. The van der Waals surface area contributed by atoms with Crippen LogP contribution in [0, 0.1) is 12.8 Å². The smallest absolute Gasteiger partial charge is 0.245 e. The monoisotopic (exact) mass is 624 g/mol. The van der Waals surface area contributed by atoms with Gasteiger partial charge in [-0.25, -0.2) is 4.98 Å². The number of aryl methyl sites for hydroxylation is 3. The van der Waals surface area contributed by atoms with Gasteiger partial charge >= 0.3 is 0 Å². The van der Waals surface area contributed by atoms with E-state index in [9.17, 15) is 19.5 Å². The van der Waals surface area contributed by atoms with Crippen molar-refractivity contribution in [3.63, 3.8) is 0 Å². The Labute approximate surface area is 269 Å². The normalized spacial score (nSPS) is 15.6. The number of hydrogen-bond donors (Lipinski definition) is 5. The largest absolute Gasteiger partial charge is 0.394 e. The van der Waals surface area contributed by atoms with Crippen molar-refractivity contribution in [1.29, 1.82) is 0 Å². The van der Waals surface area contributed by atoms with E-state index >= 15 is 0 Å². The van der Waals surface area contributed by atoms with Gasteiger partial charge in [0, 0.05) is 25.5 Å². The first-order chi connectivity index (χ1) is 21.9. The number of carbonyl (C=O) groups is 3. The Hall–Kier alpha value is -3.24. The fourth-order valence-corrected chi connectivity index (χ4v) is 6.24. The molecule has 250 valence electrons. The molecule has 0 bridgehead atoms. The number of nitrogens with zero attached hydrogens (tertiary/aromatic N) is 2. The molecule has 3 amide bonds. The van der Waals surface area contributed by atoms with Crippen molar-refractivity contribution in [2.75, 3.05) is 19.7 Å². The van der Waals surface area contributed by atoms with E-state index in [4.69, 9.17) is 5.73 Å². The van der Waals surface area contributed by atoms with Crippen molar-refractivity contribution >= 4 is 17.7 Å². The molecule has 0 saturated heterocycles. The van der Waals surface area contributed by atoms with Crippen LogP contribution in [0.5, 0.6) is 0 Å². The summed E-state index contributed by atoms with van der Waals surface area (Å²) < 4.78 is 2.16. The fourth-order valence-electron chi connectivity index (χ4n) is 6.24. The number of unbranched alkanes of at least 4 members (excludes halogenated alkanes) is 2. The summed E-state index contributed by atoms with van der Waals surface area (Å²) in [7, 11) is 0. The summed E-state index contributed by atoms with van der Waals surface area (Å²) in [5, 5.41) is 18.6. The molecular formula is C35H56N6O4. The standard InChI is InChI=1S/C35H56N6O4/c1-3-30(29-17-15-28(16-18-29)13-8-10-23-41-24-22-37-26(41)2)33(43)40-32(25-42)35(45)39-31(14-7-9-20-36)34(44)38-21-19-27-11-5-4-6-12-27/h15-18,22,24,27,30-32,42H,3-14,19-21,23,25,36H2,1-2H3,(H,38,44)(H,39,45)(H,40,43)/t30-,31+,32+/m1/s1. The molecule has 10 nitrogen and oxygen atoms in total. The molecule has 0 aliphatic heterocycles. The highest BCUT2D eigenvalue weighted by molar-refractivity contribution is 5.93. The van der Waals surface area contributed by atoms with Gasteiger partial charge in [0.15, 0.2) is 0 Å². The SMILES string of the molecule is CC[C@@H](C(=O)N[C@@H](CO)C(=O)N[C@@H](CCCCN)C(=O)NCCC1CCCCC1)c1ccc(CCCCn2ccnc2C)cc1. The van der Waals surface area contributed by atoms with Gasteiger partial charge < -0.3 is 31.4 Å². The average Bonchev–Trinajstić information content (AvgIpc) is 3.47. The predicted molar refractivity (Wildman–Crippen MR) is 177 cm³/mol. The Morgan fingerprint density at radius 1 is 0.978 bits per heavy atom. The van der Waals surface area contributed by atoms with Gasteiger partial charge in [0.1, 0.15) is 17.9 Å². The number of aliphatic hydroxyl groups excluding tert-OH is 1. The summed E-state index contributed by atoms with van der Waals surface area (Å²) in [4.78, 5) is 43.8. The Morgan fingerprint density at radius 2 is 1.71 bits per heavy atom. The van der Waals surface area contributed by atoms with E-state index in [0.29, 0.717) is 38.3 Å². The quantitative estimate of drug-likeness (QED) is 0.141. The summed E-state index contributed by atoms with van der Waals surface area (Å²) in [6.07, 6.45) is 16.4. The lowest BCUT2D eigenvalue weighted by Gasteiger charge is -2.25. The number of amides is 3. The highest BCUT2D eigenvalue weighted by Crippen LogP contribution is 2.26.